The molecule has 118 valence electrons. The van der Waals surface area contributed by atoms with E-state index >= 15 is 0 Å². The molecule has 0 heterocycles. The number of nitrogens with one attached hydrogen (secondary N) is 1. The monoisotopic (exact) mass is 296 g/mol. The third-order valence-corrected chi connectivity index (χ3v) is 3.35. The maximum atomic E-state index is 13.0. The average molecular weight is 296 g/mol. The van der Waals surface area contributed by atoms with E-state index in [-0.39, 0.29) is 0 Å². The van der Waals surface area contributed by atoms with E-state index in [1.165, 1.54) is 31.7 Å². The molecular formula is C16H25FN2O2. The molecule has 0 aliphatic rings. The van der Waals surface area contributed by atoms with Crippen molar-refractivity contribution in [2.45, 2.75) is 52.1 Å². The van der Waals surface area contributed by atoms with E-state index in [9.17, 15) is 9.18 Å². The lowest BCUT2D eigenvalue weighted by atomic mass is 10.1. The molecule has 1 rings (SSSR count). The normalized spacial score (nSPS) is 10.4. The number of benzene rings is 1. The highest BCUT2D eigenvalue weighted by atomic mass is 19.1. The van der Waals surface area contributed by atoms with Gasteiger partial charge in [-0.15, -0.1) is 0 Å². The summed E-state index contributed by atoms with van der Waals surface area (Å²) in [6, 6.07) is 4.67. The molecule has 3 N–H and O–H groups in total. The lowest BCUT2D eigenvalue weighted by Gasteiger charge is -2.11. The summed E-state index contributed by atoms with van der Waals surface area (Å²) in [5.74, 6) is 5.12. The van der Waals surface area contributed by atoms with Gasteiger partial charge in [-0.2, -0.15) is 0 Å². The maximum absolute atomic E-state index is 13.0. The quantitative estimate of drug-likeness (QED) is 0.300. The summed E-state index contributed by atoms with van der Waals surface area (Å²) >= 11 is 0. The van der Waals surface area contributed by atoms with Gasteiger partial charge in [0.2, 0.25) is 0 Å². The molecule has 1 aromatic carbocycles. The van der Waals surface area contributed by atoms with Crippen molar-refractivity contribution in [2.24, 2.45) is 5.84 Å². The van der Waals surface area contributed by atoms with Gasteiger partial charge in [-0.1, -0.05) is 39.0 Å². The van der Waals surface area contributed by atoms with Crippen LogP contribution in [0.15, 0.2) is 18.2 Å². The molecule has 4 nitrogen and oxygen atoms in total. The third kappa shape index (κ3) is 6.12. The molecule has 1 aromatic rings. The smallest absolute Gasteiger partial charge is 0.265 e. The second-order valence-corrected chi connectivity index (χ2v) is 5.05. The fourth-order valence-corrected chi connectivity index (χ4v) is 2.11. The highest BCUT2D eigenvalue weighted by Gasteiger charge is 2.09. The molecule has 0 aromatic heterocycles. The summed E-state index contributed by atoms with van der Waals surface area (Å²) in [4.78, 5) is 11.4. The molecule has 0 saturated heterocycles. The van der Waals surface area contributed by atoms with Crippen LogP contribution < -0.4 is 16.0 Å². The number of ether oxygens (including phenoxy) is 1. The van der Waals surface area contributed by atoms with Crippen LogP contribution in [0.4, 0.5) is 4.39 Å². The fraction of sp³-hybridized carbons (Fsp3) is 0.562. The van der Waals surface area contributed by atoms with Crippen LogP contribution in [0, 0.1) is 0 Å². The number of rotatable bonds is 10. The van der Waals surface area contributed by atoms with Crippen LogP contribution in [0.3, 0.4) is 0 Å². The van der Waals surface area contributed by atoms with Crippen molar-refractivity contribution in [3.05, 3.63) is 29.3 Å². The Morgan fingerprint density at radius 2 is 1.95 bits per heavy atom. The molecule has 0 fully saturated rings. The third-order valence-electron chi connectivity index (χ3n) is 3.35. The Kier molecular flexibility index (Phi) is 8.43. The van der Waals surface area contributed by atoms with Crippen molar-refractivity contribution in [1.29, 1.82) is 0 Å². The number of hydrazine groups is 1. The van der Waals surface area contributed by atoms with Crippen LogP contribution in [0.5, 0.6) is 5.75 Å². The van der Waals surface area contributed by atoms with Crippen LogP contribution in [0.25, 0.3) is 0 Å². The first-order valence-electron chi connectivity index (χ1n) is 7.55. The first kappa shape index (κ1) is 17.4. The Bertz CT molecular complexity index is 438. The first-order chi connectivity index (χ1) is 10.2. The zero-order valence-corrected chi connectivity index (χ0v) is 12.7. The molecule has 0 aliphatic heterocycles. The van der Waals surface area contributed by atoms with Crippen molar-refractivity contribution in [1.82, 2.24) is 5.43 Å². The number of nitrogens with two attached hydrogens (primary N) is 1. The van der Waals surface area contributed by atoms with Gasteiger partial charge in [-0.3, -0.25) is 10.2 Å². The van der Waals surface area contributed by atoms with E-state index in [1.54, 1.807) is 12.1 Å². The topological polar surface area (TPSA) is 64.3 Å². The molecule has 1 amide bonds. The van der Waals surface area contributed by atoms with Crippen LogP contribution in [0.2, 0.25) is 0 Å². The van der Waals surface area contributed by atoms with Gasteiger partial charge in [0.25, 0.3) is 5.91 Å². The van der Waals surface area contributed by atoms with Crippen molar-refractivity contribution >= 4 is 5.91 Å². The highest BCUT2D eigenvalue weighted by molar-refractivity contribution is 5.94. The minimum absolute atomic E-state index is 0.331. The van der Waals surface area contributed by atoms with Crippen LogP contribution in [-0.4, -0.2) is 12.5 Å². The number of amides is 1. The summed E-state index contributed by atoms with van der Waals surface area (Å²) in [6.45, 7) is 2.09. The standard InChI is InChI=1S/C16H25FN2O2/c1-2-3-4-5-6-7-10-21-15-9-8-13(16(20)19-18)11-14(15)12-17/h8-9,11H,2-7,10,12,18H2,1H3,(H,19,20). The minimum Gasteiger partial charge on any atom is -0.493 e. The number of hydrogen-bond acceptors (Lipinski definition) is 3. The van der Waals surface area contributed by atoms with Gasteiger partial charge in [0, 0.05) is 11.1 Å². The van der Waals surface area contributed by atoms with Crippen LogP contribution >= 0.6 is 0 Å². The molecule has 0 saturated carbocycles. The predicted molar refractivity (Wildman–Crippen MR) is 81.8 cm³/mol. The summed E-state index contributed by atoms with van der Waals surface area (Å²) in [5, 5.41) is 0. The van der Waals surface area contributed by atoms with E-state index in [0.717, 1.165) is 12.8 Å². The number of carbonyl (C=O) groups excluding carboxylic acids is 1. The van der Waals surface area contributed by atoms with Crippen molar-refractivity contribution < 1.29 is 13.9 Å². The van der Waals surface area contributed by atoms with Crippen molar-refractivity contribution in [2.75, 3.05) is 6.61 Å². The average Bonchev–Trinajstić information content (AvgIpc) is 2.53. The van der Waals surface area contributed by atoms with Crippen molar-refractivity contribution in [3.63, 3.8) is 0 Å². The minimum atomic E-state index is -0.669. The summed E-state index contributed by atoms with van der Waals surface area (Å²) in [5.41, 5.74) is 2.73. The van der Waals surface area contributed by atoms with E-state index in [1.807, 2.05) is 5.43 Å². The second kappa shape index (κ2) is 10.2. The lowest BCUT2D eigenvalue weighted by Crippen LogP contribution is -2.30. The first-order valence-corrected chi connectivity index (χ1v) is 7.55. The fourth-order valence-electron chi connectivity index (χ4n) is 2.11. The Morgan fingerprint density at radius 3 is 2.62 bits per heavy atom. The number of alkyl halides is 1. The summed E-state index contributed by atoms with van der Waals surface area (Å²) < 4.78 is 18.6. The van der Waals surface area contributed by atoms with E-state index in [2.05, 4.69) is 6.92 Å². The molecule has 0 unspecified atom stereocenters. The van der Waals surface area contributed by atoms with E-state index < -0.39 is 12.6 Å². The Balaban J connectivity index is 2.42. The van der Waals surface area contributed by atoms with Crippen LogP contribution in [0.1, 0.15) is 61.4 Å². The SMILES string of the molecule is CCCCCCCCOc1ccc(C(=O)NN)cc1CF. The maximum Gasteiger partial charge on any atom is 0.265 e. The number of nitrogen functional groups attached to an aromatic ring is 1. The number of carbonyl (C=O) groups is 1. The molecule has 0 bridgehead atoms. The van der Waals surface area contributed by atoms with Crippen molar-refractivity contribution in [3.8, 4) is 5.75 Å². The van der Waals surface area contributed by atoms with Gasteiger partial charge in [0.15, 0.2) is 0 Å². The Labute approximate surface area is 125 Å². The largest absolute Gasteiger partial charge is 0.493 e. The van der Waals surface area contributed by atoms with Crippen LogP contribution in [-0.2, 0) is 6.67 Å². The Morgan fingerprint density at radius 1 is 1.24 bits per heavy atom. The van der Waals surface area contributed by atoms with Gasteiger partial charge < -0.3 is 4.74 Å². The number of unbranched alkanes of at least 4 members (excludes halogenated alkanes) is 5. The highest BCUT2D eigenvalue weighted by Crippen LogP contribution is 2.22. The predicted octanol–water partition coefficient (Wildman–Crippen LogP) is 3.50. The zero-order chi connectivity index (χ0) is 15.5. The molecular weight excluding hydrogens is 271 g/mol. The molecule has 0 spiro atoms. The van der Waals surface area contributed by atoms with Gasteiger partial charge in [0.05, 0.1) is 6.61 Å². The molecule has 5 heteroatoms. The lowest BCUT2D eigenvalue weighted by molar-refractivity contribution is 0.0953. The Hall–Kier alpha value is -1.62. The number of halogens is 1. The second-order valence-electron chi connectivity index (χ2n) is 5.05. The molecule has 0 aliphatic carbocycles. The summed E-state index contributed by atoms with van der Waals surface area (Å²) in [7, 11) is 0. The summed E-state index contributed by atoms with van der Waals surface area (Å²) in [6.07, 6.45) is 7.06. The molecule has 0 radical (unpaired) electrons. The zero-order valence-electron chi connectivity index (χ0n) is 12.7. The molecule has 0 atom stereocenters. The van der Waals surface area contributed by atoms with E-state index in [4.69, 9.17) is 10.6 Å². The van der Waals surface area contributed by atoms with Gasteiger partial charge in [-0.25, -0.2) is 10.2 Å². The van der Waals surface area contributed by atoms with Gasteiger partial charge in [-0.05, 0) is 24.6 Å². The molecule has 21 heavy (non-hydrogen) atoms. The van der Waals surface area contributed by atoms with Gasteiger partial charge in [0.1, 0.15) is 12.4 Å². The van der Waals surface area contributed by atoms with E-state index in [0.29, 0.717) is 23.5 Å². The number of hydrogen-bond donors (Lipinski definition) is 2. The van der Waals surface area contributed by atoms with Gasteiger partial charge >= 0.3 is 0 Å².